The molecule has 0 bridgehead atoms. The van der Waals surface area contributed by atoms with E-state index in [0.717, 1.165) is 43.3 Å². The highest BCUT2D eigenvalue weighted by atomic mass is 16.5. The minimum absolute atomic E-state index is 0.0760. The lowest BCUT2D eigenvalue weighted by atomic mass is 10.1. The van der Waals surface area contributed by atoms with Crippen LogP contribution >= 0.6 is 0 Å². The zero-order valence-electron chi connectivity index (χ0n) is 13.7. The number of carbonyl (C=O) groups excluding carboxylic acids is 2. The van der Waals surface area contributed by atoms with Gasteiger partial charge in [-0.15, -0.1) is 0 Å². The van der Waals surface area contributed by atoms with Crippen LogP contribution in [0, 0.1) is 0 Å². The van der Waals surface area contributed by atoms with Gasteiger partial charge in [0.2, 0.25) is 0 Å². The van der Waals surface area contributed by atoms with Gasteiger partial charge in [0.25, 0.3) is 5.91 Å². The number of carbonyl (C=O) groups is 2. The summed E-state index contributed by atoms with van der Waals surface area (Å²) in [5.74, 6) is 0.141. The summed E-state index contributed by atoms with van der Waals surface area (Å²) in [5.41, 5.74) is 1.39. The number of esters is 1. The van der Waals surface area contributed by atoms with Crippen molar-refractivity contribution in [3.63, 3.8) is 0 Å². The molecule has 1 fully saturated rings. The van der Waals surface area contributed by atoms with E-state index in [-0.39, 0.29) is 18.9 Å². The fourth-order valence-electron chi connectivity index (χ4n) is 2.91. The third kappa shape index (κ3) is 3.69. The number of piperidine rings is 1. The van der Waals surface area contributed by atoms with Crippen molar-refractivity contribution in [3.05, 3.63) is 30.0 Å². The summed E-state index contributed by atoms with van der Waals surface area (Å²) in [7, 11) is 1.59. The second-order valence-electron chi connectivity index (χ2n) is 5.90. The smallest absolute Gasteiger partial charge is 0.310 e. The van der Waals surface area contributed by atoms with Crippen LogP contribution in [0.3, 0.4) is 0 Å². The van der Waals surface area contributed by atoms with Gasteiger partial charge in [0, 0.05) is 30.1 Å². The Balaban J connectivity index is 1.56. The van der Waals surface area contributed by atoms with Crippen molar-refractivity contribution >= 4 is 22.8 Å². The van der Waals surface area contributed by atoms with E-state index in [2.05, 4.69) is 0 Å². The van der Waals surface area contributed by atoms with E-state index < -0.39 is 5.97 Å². The molecule has 6 nitrogen and oxygen atoms in total. The largest absolute Gasteiger partial charge is 0.497 e. The van der Waals surface area contributed by atoms with Gasteiger partial charge in [-0.1, -0.05) is 0 Å². The number of hydrogen-bond donors (Lipinski definition) is 0. The summed E-state index contributed by atoms with van der Waals surface area (Å²) in [4.78, 5) is 25.8. The molecule has 128 valence electrons. The lowest BCUT2D eigenvalue weighted by Gasteiger charge is -2.26. The first kappa shape index (κ1) is 16.4. The standard InChI is InChI=1S/C18H21NO5/c1-22-14-5-6-15-13(11-23-16(15)10-14)9-18(21)24-12-17(20)19-7-3-2-4-8-19/h5-6,10-11H,2-4,7-9,12H2,1H3. The van der Waals surface area contributed by atoms with Crippen molar-refractivity contribution in [2.75, 3.05) is 26.8 Å². The Morgan fingerprint density at radius 3 is 2.75 bits per heavy atom. The van der Waals surface area contributed by atoms with Gasteiger partial charge in [0.1, 0.15) is 11.3 Å². The molecule has 1 aromatic heterocycles. The van der Waals surface area contributed by atoms with Gasteiger partial charge in [-0.2, -0.15) is 0 Å². The number of nitrogens with zero attached hydrogens (tertiary/aromatic N) is 1. The number of hydrogen-bond acceptors (Lipinski definition) is 5. The number of fused-ring (bicyclic) bond motifs is 1. The first-order valence-corrected chi connectivity index (χ1v) is 8.15. The Hall–Kier alpha value is -2.50. The van der Waals surface area contributed by atoms with Crippen molar-refractivity contribution in [2.24, 2.45) is 0 Å². The molecule has 1 aliphatic heterocycles. The van der Waals surface area contributed by atoms with E-state index >= 15 is 0 Å². The SMILES string of the molecule is COc1ccc2c(CC(=O)OCC(=O)N3CCCCC3)coc2c1. The average molecular weight is 331 g/mol. The Kier molecular flexibility index (Phi) is 5.03. The quantitative estimate of drug-likeness (QED) is 0.788. The maximum absolute atomic E-state index is 12.0. The van der Waals surface area contributed by atoms with E-state index in [0.29, 0.717) is 11.3 Å². The minimum atomic E-state index is -0.432. The molecule has 1 aromatic carbocycles. The minimum Gasteiger partial charge on any atom is -0.497 e. The molecule has 1 saturated heterocycles. The van der Waals surface area contributed by atoms with Crippen molar-refractivity contribution in [1.82, 2.24) is 4.90 Å². The second-order valence-corrected chi connectivity index (χ2v) is 5.90. The van der Waals surface area contributed by atoms with Crippen LogP contribution in [0.2, 0.25) is 0 Å². The van der Waals surface area contributed by atoms with Gasteiger partial charge in [-0.05, 0) is 31.4 Å². The predicted octanol–water partition coefficient (Wildman–Crippen LogP) is 2.54. The van der Waals surface area contributed by atoms with Crippen molar-refractivity contribution < 1.29 is 23.5 Å². The Morgan fingerprint density at radius 1 is 1.21 bits per heavy atom. The first-order chi connectivity index (χ1) is 11.7. The fourth-order valence-corrected chi connectivity index (χ4v) is 2.91. The molecular formula is C18H21NO5. The third-order valence-electron chi connectivity index (χ3n) is 4.26. The zero-order valence-corrected chi connectivity index (χ0v) is 13.7. The highest BCUT2D eigenvalue weighted by Crippen LogP contribution is 2.26. The van der Waals surface area contributed by atoms with Gasteiger partial charge in [-0.3, -0.25) is 9.59 Å². The lowest BCUT2D eigenvalue weighted by molar-refractivity contribution is -0.151. The normalized spacial score (nSPS) is 14.6. The molecule has 2 aromatic rings. The number of rotatable bonds is 5. The van der Waals surface area contributed by atoms with Gasteiger partial charge < -0.3 is 18.8 Å². The molecule has 0 spiro atoms. The average Bonchev–Trinajstić information content (AvgIpc) is 3.02. The Morgan fingerprint density at radius 2 is 2.00 bits per heavy atom. The van der Waals surface area contributed by atoms with Crippen LogP contribution < -0.4 is 4.74 Å². The summed E-state index contributed by atoms with van der Waals surface area (Å²) in [6.45, 7) is 1.32. The van der Waals surface area contributed by atoms with Gasteiger partial charge in [0.05, 0.1) is 19.8 Å². The van der Waals surface area contributed by atoms with E-state index in [4.69, 9.17) is 13.9 Å². The summed E-state index contributed by atoms with van der Waals surface area (Å²) >= 11 is 0. The summed E-state index contributed by atoms with van der Waals surface area (Å²) in [6.07, 6.45) is 4.81. The van der Waals surface area contributed by atoms with Gasteiger partial charge in [-0.25, -0.2) is 0 Å². The molecule has 24 heavy (non-hydrogen) atoms. The van der Waals surface area contributed by atoms with Crippen LogP contribution in [0.4, 0.5) is 0 Å². The van der Waals surface area contributed by atoms with Crippen LogP contribution in [0.5, 0.6) is 5.75 Å². The lowest BCUT2D eigenvalue weighted by Crippen LogP contribution is -2.38. The molecule has 0 atom stereocenters. The molecule has 1 amide bonds. The number of furan rings is 1. The molecule has 1 aliphatic rings. The second kappa shape index (κ2) is 7.38. The van der Waals surface area contributed by atoms with Crippen LogP contribution in [-0.2, 0) is 20.7 Å². The zero-order chi connectivity index (χ0) is 16.9. The summed E-state index contributed by atoms with van der Waals surface area (Å²) in [6, 6.07) is 5.43. The number of methoxy groups -OCH3 is 1. The maximum atomic E-state index is 12.0. The number of benzene rings is 1. The Bertz CT molecular complexity index is 730. The molecule has 6 heteroatoms. The van der Waals surface area contributed by atoms with Crippen molar-refractivity contribution in [1.29, 1.82) is 0 Å². The fraction of sp³-hybridized carbons (Fsp3) is 0.444. The molecule has 3 rings (SSSR count). The number of likely N-dealkylation sites (tertiary alicyclic amines) is 1. The predicted molar refractivity (Wildman–Crippen MR) is 87.9 cm³/mol. The maximum Gasteiger partial charge on any atom is 0.310 e. The first-order valence-electron chi connectivity index (χ1n) is 8.15. The van der Waals surface area contributed by atoms with E-state index in [1.165, 1.54) is 6.26 Å². The molecule has 0 aliphatic carbocycles. The van der Waals surface area contributed by atoms with Gasteiger partial charge >= 0.3 is 5.97 Å². The van der Waals surface area contributed by atoms with Crippen molar-refractivity contribution in [3.8, 4) is 5.75 Å². The van der Waals surface area contributed by atoms with E-state index in [9.17, 15) is 9.59 Å². The molecule has 2 heterocycles. The van der Waals surface area contributed by atoms with E-state index in [1.54, 1.807) is 18.1 Å². The van der Waals surface area contributed by atoms with E-state index in [1.807, 2.05) is 12.1 Å². The molecular weight excluding hydrogens is 310 g/mol. The van der Waals surface area contributed by atoms with Crippen LogP contribution in [-0.4, -0.2) is 43.6 Å². The van der Waals surface area contributed by atoms with Crippen LogP contribution in [0.15, 0.2) is 28.9 Å². The Labute approximate surface area is 140 Å². The number of amides is 1. The summed E-state index contributed by atoms with van der Waals surface area (Å²) < 4.78 is 15.7. The third-order valence-corrected chi connectivity index (χ3v) is 4.26. The van der Waals surface area contributed by atoms with Gasteiger partial charge in [0.15, 0.2) is 6.61 Å². The highest BCUT2D eigenvalue weighted by Gasteiger charge is 2.19. The van der Waals surface area contributed by atoms with Crippen LogP contribution in [0.1, 0.15) is 24.8 Å². The number of ether oxygens (including phenoxy) is 2. The molecule has 0 N–H and O–H groups in total. The highest BCUT2D eigenvalue weighted by molar-refractivity contribution is 5.87. The monoisotopic (exact) mass is 331 g/mol. The topological polar surface area (TPSA) is 69.0 Å². The summed E-state index contributed by atoms with van der Waals surface area (Å²) in [5, 5.41) is 0.843. The molecule has 0 radical (unpaired) electrons. The van der Waals surface area contributed by atoms with Crippen molar-refractivity contribution in [2.45, 2.75) is 25.7 Å². The molecule has 0 unspecified atom stereocenters. The van der Waals surface area contributed by atoms with Crippen LogP contribution in [0.25, 0.3) is 11.0 Å². The molecule has 0 saturated carbocycles.